The maximum atomic E-state index is 12.6. The van der Waals surface area contributed by atoms with Gasteiger partial charge >= 0.3 is 0 Å². The molecule has 0 fully saturated rings. The predicted molar refractivity (Wildman–Crippen MR) is 102 cm³/mol. The number of halogens is 1. The van der Waals surface area contributed by atoms with E-state index >= 15 is 0 Å². The van der Waals surface area contributed by atoms with Crippen LogP contribution in [0.5, 0.6) is 0 Å². The van der Waals surface area contributed by atoms with Gasteiger partial charge in [-0.3, -0.25) is 9.21 Å². The van der Waals surface area contributed by atoms with Crippen LogP contribution in [0.3, 0.4) is 0 Å². The fourth-order valence-electron chi connectivity index (χ4n) is 2.92. The van der Waals surface area contributed by atoms with Gasteiger partial charge in [-0.1, -0.05) is 43.3 Å². The van der Waals surface area contributed by atoms with Crippen molar-refractivity contribution in [2.45, 2.75) is 26.3 Å². The van der Waals surface area contributed by atoms with Gasteiger partial charge in [0.15, 0.2) is 0 Å². The molecule has 0 radical (unpaired) electrons. The summed E-state index contributed by atoms with van der Waals surface area (Å²) in [6.07, 6.45) is 3.65. The highest BCUT2D eigenvalue weighted by Gasteiger charge is 2.11. The van der Waals surface area contributed by atoms with E-state index in [1.807, 2.05) is 48.7 Å². The van der Waals surface area contributed by atoms with Crippen LogP contribution in [-0.4, -0.2) is 11.1 Å². The van der Waals surface area contributed by atoms with Gasteiger partial charge in [-0.2, -0.15) is 0 Å². The van der Waals surface area contributed by atoms with Gasteiger partial charge in [-0.05, 0) is 36.6 Å². The molecule has 4 heteroatoms. The monoisotopic (exact) mass is 340 g/mol. The first-order valence-electron chi connectivity index (χ1n) is 8.30. The first kappa shape index (κ1) is 16.6. The normalized spacial score (nSPS) is 10.9. The van der Waals surface area contributed by atoms with Crippen LogP contribution in [0.1, 0.15) is 18.9 Å². The van der Waals surface area contributed by atoms with Gasteiger partial charge < -0.3 is 4.57 Å². The second-order valence-corrected chi connectivity index (χ2v) is 6.28. The molecule has 3 aromatic rings. The minimum Gasteiger partial charge on any atom is -0.315 e. The van der Waals surface area contributed by atoms with Gasteiger partial charge in [0.2, 0.25) is 0 Å². The van der Waals surface area contributed by atoms with Crippen molar-refractivity contribution >= 4 is 28.2 Å². The fourth-order valence-corrected chi connectivity index (χ4v) is 3.15. The molecule has 2 aromatic carbocycles. The van der Waals surface area contributed by atoms with Gasteiger partial charge in [0.1, 0.15) is 0 Å². The lowest BCUT2D eigenvalue weighted by atomic mass is 10.1. The molecule has 0 saturated heterocycles. The molecule has 0 unspecified atom stereocenters. The van der Waals surface area contributed by atoms with Crippen molar-refractivity contribution in [2.75, 3.05) is 11.0 Å². The number of nitrogens with zero attached hydrogens (tertiary/aromatic N) is 2. The van der Waals surface area contributed by atoms with E-state index in [9.17, 15) is 4.79 Å². The third-order valence-corrected chi connectivity index (χ3v) is 4.51. The average molecular weight is 341 g/mol. The van der Waals surface area contributed by atoms with Crippen molar-refractivity contribution in [3.63, 3.8) is 0 Å². The summed E-state index contributed by atoms with van der Waals surface area (Å²) in [5.74, 6) is 0. The molecular weight excluding hydrogens is 320 g/mol. The second-order valence-electron chi connectivity index (χ2n) is 5.87. The minimum atomic E-state index is 0.0457. The molecule has 0 aliphatic heterocycles. The number of aryl methyl sites for hydroxylation is 1. The molecule has 3 nitrogen and oxygen atoms in total. The summed E-state index contributed by atoms with van der Waals surface area (Å²) >= 11 is 6.51. The third-order valence-electron chi connectivity index (χ3n) is 4.16. The zero-order valence-corrected chi connectivity index (χ0v) is 14.5. The number of pyridine rings is 1. The van der Waals surface area contributed by atoms with Crippen molar-refractivity contribution in [2.24, 2.45) is 0 Å². The zero-order valence-electron chi connectivity index (χ0n) is 13.8. The number of anilines is 1. The predicted octanol–water partition coefficient (Wildman–Crippen LogP) is 4.61. The van der Waals surface area contributed by atoms with Crippen LogP contribution >= 0.6 is 11.8 Å². The van der Waals surface area contributed by atoms with Crippen LogP contribution in [0, 0.1) is 0 Å². The molecule has 0 N–H and O–H groups in total. The summed E-state index contributed by atoms with van der Waals surface area (Å²) in [6, 6.07) is 18.0. The summed E-state index contributed by atoms with van der Waals surface area (Å²) in [5.41, 5.74) is 2.17. The maximum Gasteiger partial charge on any atom is 0.258 e. The molecular formula is C20H21ClN2O. The number of benzene rings is 2. The van der Waals surface area contributed by atoms with E-state index in [0.717, 1.165) is 30.5 Å². The van der Waals surface area contributed by atoms with E-state index in [0.29, 0.717) is 11.9 Å². The van der Waals surface area contributed by atoms with Gasteiger partial charge in [-0.25, -0.2) is 0 Å². The minimum absolute atomic E-state index is 0.0457. The Hall–Kier alpha value is -2.26. The lowest BCUT2D eigenvalue weighted by Crippen LogP contribution is -2.20. The molecule has 0 aliphatic rings. The van der Waals surface area contributed by atoms with Crippen molar-refractivity contribution in [1.29, 1.82) is 0 Å². The largest absolute Gasteiger partial charge is 0.315 e. The SMILES string of the molecule is CCCn1ccc2c(N(Cl)CCc3ccccc3)cccc2c1=O. The van der Waals surface area contributed by atoms with Crippen molar-refractivity contribution in [1.82, 2.24) is 4.57 Å². The summed E-state index contributed by atoms with van der Waals surface area (Å²) in [5, 5.41) is 1.62. The quantitative estimate of drug-likeness (QED) is 0.612. The third kappa shape index (κ3) is 3.46. The molecule has 1 heterocycles. The molecule has 124 valence electrons. The van der Waals surface area contributed by atoms with E-state index in [-0.39, 0.29) is 5.56 Å². The molecule has 0 bridgehead atoms. The number of rotatable bonds is 6. The number of fused-ring (bicyclic) bond motifs is 1. The Kier molecular flexibility index (Phi) is 5.21. The summed E-state index contributed by atoms with van der Waals surface area (Å²) in [7, 11) is 0. The topological polar surface area (TPSA) is 25.2 Å². The fraction of sp³-hybridized carbons (Fsp3) is 0.250. The van der Waals surface area contributed by atoms with Crippen LogP contribution in [0.25, 0.3) is 10.8 Å². The van der Waals surface area contributed by atoms with E-state index in [1.165, 1.54) is 5.56 Å². The Bertz CT molecular complexity index is 874. The first-order chi connectivity index (χ1) is 11.7. The van der Waals surface area contributed by atoms with E-state index in [2.05, 4.69) is 19.1 Å². The van der Waals surface area contributed by atoms with Gasteiger partial charge in [0.25, 0.3) is 5.56 Å². The summed E-state index contributed by atoms with van der Waals surface area (Å²) in [4.78, 5) is 12.6. The van der Waals surface area contributed by atoms with Crippen LogP contribution in [0.15, 0.2) is 65.6 Å². The number of hydrogen-bond donors (Lipinski definition) is 0. The van der Waals surface area contributed by atoms with Crippen molar-refractivity contribution < 1.29 is 0 Å². The summed E-state index contributed by atoms with van der Waals surface area (Å²) < 4.78 is 3.47. The molecule has 0 amide bonds. The van der Waals surface area contributed by atoms with Gasteiger partial charge in [0.05, 0.1) is 5.69 Å². The van der Waals surface area contributed by atoms with Gasteiger partial charge in [0, 0.05) is 41.8 Å². The first-order valence-corrected chi connectivity index (χ1v) is 8.64. The van der Waals surface area contributed by atoms with Crippen LogP contribution in [0.2, 0.25) is 0 Å². The summed E-state index contributed by atoms with van der Waals surface area (Å²) in [6.45, 7) is 3.48. The van der Waals surface area contributed by atoms with Gasteiger partial charge in [-0.15, -0.1) is 0 Å². The van der Waals surface area contributed by atoms with Crippen LogP contribution < -0.4 is 9.98 Å². The van der Waals surface area contributed by atoms with Crippen LogP contribution in [-0.2, 0) is 13.0 Å². The smallest absolute Gasteiger partial charge is 0.258 e. The van der Waals surface area contributed by atoms with E-state index in [1.54, 1.807) is 8.99 Å². The molecule has 3 rings (SSSR count). The maximum absolute atomic E-state index is 12.6. The highest BCUT2D eigenvalue weighted by molar-refractivity contribution is 6.27. The Balaban J connectivity index is 1.89. The second kappa shape index (κ2) is 7.54. The highest BCUT2D eigenvalue weighted by atomic mass is 35.5. The molecule has 0 saturated carbocycles. The van der Waals surface area contributed by atoms with Crippen LogP contribution in [0.4, 0.5) is 5.69 Å². The average Bonchev–Trinajstić information content (AvgIpc) is 2.63. The Labute approximate surface area is 147 Å². The number of aromatic nitrogens is 1. The lowest BCUT2D eigenvalue weighted by molar-refractivity contribution is 0.659. The molecule has 0 atom stereocenters. The Morgan fingerprint density at radius 1 is 1.00 bits per heavy atom. The van der Waals surface area contributed by atoms with E-state index in [4.69, 9.17) is 11.8 Å². The van der Waals surface area contributed by atoms with E-state index < -0.39 is 0 Å². The molecule has 24 heavy (non-hydrogen) atoms. The molecule has 1 aromatic heterocycles. The Morgan fingerprint density at radius 3 is 2.54 bits per heavy atom. The molecule has 0 spiro atoms. The standard InChI is InChI=1S/C20H21ClN2O/c1-2-13-22-14-12-17-18(20(22)24)9-6-10-19(17)23(21)15-11-16-7-4-3-5-8-16/h3-10,12,14H,2,11,13,15H2,1H3. The van der Waals surface area contributed by atoms with Crippen molar-refractivity contribution in [3.8, 4) is 0 Å². The number of hydrogen-bond acceptors (Lipinski definition) is 2. The zero-order chi connectivity index (χ0) is 16.9. The van der Waals surface area contributed by atoms with Crippen molar-refractivity contribution in [3.05, 3.63) is 76.7 Å². The highest BCUT2D eigenvalue weighted by Crippen LogP contribution is 2.26. The lowest BCUT2D eigenvalue weighted by Gasteiger charge is -2.18. The Morgan fingerprint density at radius 2 is 1.79 bits per heavy atom. The molecule has 0 aliphatic carbocycles.